The minimum Gasteiger partial charge on any atom is -0.480 e. The van der Waals surface area contributed by atoms with Gasteiger partial charge in [0.2, 0.25) is 5.91 Å². The number of nitrogens with two attached hydrogens (primary N) is 1. The monoisotopic (exact) mass is 288 g/mol. The zero-order valence-electron chi connectivity index (χ0n) is 12.4. The Hall–Kier alpha value is -1.83. The van der Waals surface area contributed by atoms with Gasteiger partial charge in [0.25, 0.3) is 0 Å². The Kier molecular flexibility index (Phi) is 7.60. The van der Waals surface area contributed by atoms with Crippen LogP contribution in [0.4, 0.5) is 4.79 Å². The van der Waals surface area contributed by atoms with E-state index in [-0.39, 0.29) is 6.04 Å². The van der Waals surface area contributed by atoms with Crippen LogP contribution in [0.3, 0.4) is 0 Å². The standard InChI is InChI=1S/C12H24N4O4/c1-5-16(8(2)7-15(3)4)12(20)14-9(11(18)19)6-10(13)17/h8-9H,5-7H2,1-4H3,(H2,13,17)(H,14,20)(H,18,19)/t8?,9-/m0/s1. The molecular weight excluding hydrogens is 264 g/mol. The average Bonchev–Trinajstić information content (AvgIpc) is 2.26. The van der Waals surface area contributed by atoms with Crippen LogP contribution in [-0.2, 0) is 9.59 Å². The third-order valence-electron chi connectivity index (χ3n) is 2.76. The lowest BCUT2D eigenvalue weighted by molar-refractivity contribution is -0.141. The van der Waals surface area contributed by atoms with Crippen molar-refractivity contribution in [1.29, 1.82) is 0 Å². The van der Waals surface area contributed by atoms with Crippen molar-refractivity contribution in [3.8, 4) is 0 Å². The number of carboxylic acid groups (broad SMARTS) is 1. The predicted molar refractivity (Wildman–Crippen MR) is 74.2 cm³/mol. The molecular formula is C12H24N4O4. The van der Waals surface area contributed by atoms with Crippen molar-refractivity contribution in [2.75, 3.05) is 27.2 Å². The number of rotatable bonds is 8. The van der Waals surface area contributed by atoms with E-state index in [0.717, 1.165) is 0 Å². The van der Waals surface area contributed by atoms with E-state index < -0.39 is 30.4 Å². The number of hydrogen-bond acceptors (Lipinski definition) is 4. The molecule has 0 saturated heterocycles. The first-order valence-corrected chi connectivity index (χ1v) is 6.42. The molecule has 0 aromatic rings. The van der Waals surface area contributed by atoms with Gasteiger partial charge in [0.15, 0.2) is 0 Å². The molecule has 0 aromatic heterocycles. The number of hydrogen-bond donors (Lipinski definition) is 3. The number of amides is 3. The fourth-order valence-corrected chi connectivity index (χ4v) is 1.92. The topological polar surface area (TPSA) is 116 Å². The largest absolute Gasteiger partial charge is 0.480 e. The van der Waals surface area contributed by atoms with E-state index in [1.807, 2.05) is 25.9 Å². The molecule has 0 fully saturated rings. The maximum atomic E-state index is 12.1. The minimum atomic E-state index is -1.30. The van der Waals surface area contributed by atoms with Gasteiger partial charge in [-0.25, -0.2) is 9.59 Å². The number of primary amides is 1. The summed E-state index contributed by atoms with van der Waals surface area (Å²) in [5.41, 5.74) is 4.97. The molecule has 8 heteroatoms. The summed E-state index contributed by atoms with van der Waals surface area (Å²) in [5.74, 6) is -2.06. The number of likely N-dealkylation sites (N-methyl/N-ethyl adjacent to an activating group) is 2. The summed E-state index contributed by atoms with van der Waals surface area (Å²) in [6.45, 7) is 4.75. The van der Waals surface area contributed by atoms with E-state index in [0.29, 0.717) is 13.1 Å². The van der Waals surface area contributed by atoms with Crippen molar-refractivity contribution in [1.82, 2.24) is 15.1 Å². The molecule has 0 spiro atoms. The van der Waals surface area contributed by atoms with Crippen molar-refractivity contribution in [3.63, 3.8) is 0 Å². The average molecular weight is 288 g/mol. The van der Waals surface area contributed by atoms with Crippen LogP contribution < -0.4 is 11.1 Å². The summed E-state index contributed by atoms with van der Waals surface area (Å²) in [7, 11) is 3.77. The first-order valence-electron chi connectivity index (χ1n) is 6.42. The van der Waals surface area contributed by atoms with Crippen LogP contribution in [0, 0.1) is 0 Å². The molecule has 8 nitrogen and oxygen atoms in total. The molecule has 116 valence electrons. The number of carbonyl (C=O) groups is 3. The molecule has 0 aliphatic heterocycles. The summed E-state index contributed by atoms with van der Waals surface area (Å²) >= 11 is 0. The normalized spacial score (nSPS) is 13.7. The van der Waals surface area contributed by atoms with Gasteiger partial charge in [-0.3, -0.25) is 4.79 Å². The predicted octanol–water partition coefficient (Wildman–Crippen LogP) is -0.703. The SMILES string of the molecule is CCN(C(=O)N[C@@H](CC(N)=O)C(=O)O)C(C)CN(C)C. The summed E-state index contributed by atoms with van der Waals surface area (Å²) in [6.07, 6.45) is -0.430. The lowest BCUT2D eigenvalue weighted by Gasteiger charge is -2.31. The van der Waals surface area contributed by atoms with Crippen molar-refractivity contribution in [2.45, 2.75) is 32.4 Å². The highest BCUT2D eigenvalue weighted by molar-refractivity contribution is 5.87. The van der Waals surface area contributed by atoms with Crippen LogP contribution in [0.15, 0.2) is 0 Å². The fraction of sp³-hybridized carbons (Fsp3) is 0.750. The molecule has 0 heterocycles. The molecule has 0 bridgehead atoms. The second-order valence-corrected chi connectivity index (χ2v) is 4.91. The number of urea groups is 1. The van der Waals surface area contributed by atoms with Gasteiger partial charge in [-0.1, -0.05) is 0 Å². The van der Waals surface area contributed by atoms with Crippen LogP contribution in [-0.4, -0.2) is 72.1 Å². The molecule has 1 unspecified atom stereocenters. The molecule has 2 atom stereocenters. The number of nitrogens with one attached hydrogen (secondary N) is 1. The Morgan fingerprint density at radius 1 is 1.30 bits per heavy atom. The van der Waals surface area contributed by atoms with E-state index in [2.05, 4.69) is 5.32 Å². The van der Waals surface area contributed by atoms with Gasteiger partial charge >= 0.3 is 12.0 Å². The molecule has 20 heavy (non-hydrogen) atoms. The van der Waals surface area contributed by atoms with Crippen LogP contribution in [0.25, 0.3) is 0 Å². The summed E-state index contributed by atoms with van der Waals surface area (Å²) < 4.78 is 0. The zero-order chi connectivity index (χ0) is 15.9. The third kappa shape index (κ3) is 6.37. The van der Waals surface area contributed by atoms with Gasteiger partial charge in [0.1, 0.15) is 6.04 Å². The molecule has 0 aliphatic rings. The number of carboxylic acids is 1. The van der Waals surface area contributed by atoms with E-state index in [9.17, 15) is 14.4 Å². The number of nitrogens with zero attached hydrogens (tertiary/aromatic N) is 2. The highest BCUT2D eigenvalue weighted by atomic mass is 16.4. The zero-order valence-corrected chi connectivity index (χ0v) is 12.4. The van der Waals surface area contributed by atoms with E-state index in [1.165, 1.54) is 4.90 Å². The van der Waals surface area contributed by atoms with Crippen molar-refractivity contribution in [3.05, 3.63) is 0 Å². The Morgan fingerprint density at radius 3 is 2.20 bits per heavy atom. The molecule has 0 aromatic carbocycles. The summed E-state index contributed by atoms with van der Waals surface area (Å²) in [5, 5.41) is 11.3. The highest BCUT2D eigenvalue weighted by Gasteiger charge is 2.26. The van der Waals surface area contributed by atoms with Crippen LogP contribution in [0.1, 0.15) is 20.3 Å². The highest BCUT2D eigenvalue weighted by Crippen LogP contribution is 2.03. The Bertz CT molecular complexity index is 359. The van der Waals surface area contributed by atoms with Gasteiger partial charge in [-0.05, 0) is 27.9 Å². The first-order chi connectivity index (χ1) is 9.18. The second kappa shape index (κ2) is 8.36. The molecule has 0 saturated carbocycles. The molecule has 4 N–H and O–H groups in total. The maximum absolute atomic E-state index is 12.1. The van der Waals surface area contributed by atoms with Crippen molar-refractivity contribution >= 4 is 17.9 Å². The fourth-order valence-electron chi connectivity index (χ4n) is 1.92. The van der Waals surface area contributed by atoms with Gasteiger partial charge in [-0.15, -0.1) is 0 Å². The Labute approximate surface area is 118 Å². The van der Waals surface area contributed by atoms with E-state index in [4.69, 9.17) is 10.8 Å². The van der Waals surface area contributed by atoms with Gasteiger partial charge in [0, 0.05) is 19.1 Å². The summed E-state index contributed by atoms with van der Waals surface area (Å²) in [6, 6.07) is -1.91. The molecule has 0 rings (SSSR count). The molecule has 0 radical (unpaired) electrons. The second-order valence-electron chi connectivity index (χ2n) is 4.91. The number of aliphatic carboxylic acids is 1. The quantitative estimate of drug-likeness (QED) is 0.546. The lowest BCUT2D eigenvalue weighted by atomic mass is 10.2. The third-order valence-corrected chi connectivity index (χ3v) is 2.76. The van der Waals surface area contributed by atoms with Gasteiger partial charge in [0.05, 0.1) is 6.42 Å². The maximum Gasteiger partial charge on any atom is 0.326 e. The van der Waals surface area contributed by atoms with Crippen LogP contribution in [0.5, 0.6) is 0 Å². The number of carbonyl (C=O) groups excluding carboxylic acids is 2. The van der Waals surface area contributed by atoms with Gasteiger partial charge in [-0.2, -0.15) is 0 Å². The minimum absolute atomic E-state index is 0.0852. The van der Waals surface area contributed by atoms with Crippen molar-refractivity contribution < 1.29 is 19.5 Å². The van der Waals surface area contributed by atoms with Crippen LogP contribution in [0.2, 0.25) is 0 Å². The summed E-state index contributed by atoms with van der Waals surface area (Å²) in [4.78, 5) is 37.3. The van der Waals surface area contributed by atoms with Crippen molar-refractivity contribution in [2.24, 2.45) is 5.73 Å². The van der Waals surface area contributed by atoms with Gasteiger partial charge < -0.3 is 26.0 Å². The van der Waals surface area contributed by atoms with E-state index in [1.54, 1.807) is 6.92 Å². The Morgan fingerprint density at radius 2 is 1.85 bits per heavy atom. The molecule has 3 amide bonds. The smallest absolute Gasteiger partial charge is 0.326 e. The van der Waals surface area contributed by atoms with Crippen LogP contribution >= 0.6 is 0 Å². The molecule has 0 aliphatic carbocycles. The van der Waals surface area contributed by atoms with E-state index >= 15 is 0 Å². The first kappa shape index (κ1) is 18.2. The lowest BCUT2D eigenvalue weighted by Crippen LogP contribution is -2.53. The Balaban J connectivity index is 4.74.